The van der Waals surface area contributed by atoms with Crippen molar-refractivity contribution >= 4 is 11.5 Å². The number of carbonyl (C=O) groups excluding carboxylic acids is 1. The van der Waals surface area contributed by atoms with Gasteiger partial charge in [0.1, 0.15) is 5.92 Å². The maximum absolute atomic E-state index is 12.4. The Hall–Kier alpha value is -1.68. The highest BCUT2D eigenvalue weighted by Crippen LogP contribution is 2.49. The summed E-state index contributed by atoms with van der Waals surface area (Å²) in [4.78, 5) is 17.6. The molecule has 0 radical (unpaired) electrons. The van der Waals surface area contributed by atoms with Crippen molar-refractivity contribution in [1.82, 2.24) is 0 Å². The van der Waals surface area contributed by atoms with Crippen LogP contribution in [0.15, 0.2) is 29.4 Å². The van der Waals surface area contributed by atoms with Crippen LogP contribution in [0.25, 0.3) is 0 Å². The van der Waals surface area contributed by atoms with E-state index in [1.165, 1.54) is 0 Å². The quantitative estimate of drug-likeness (QED) is 0.761. The third-order valence-electron chi connectivity index (χ3n) is 3.56. The van der Waals surface area contributed by atoms with Crippen LogP contribution in [0.1, 0.15) is 36.7 Å². The van der Waals surface area contributed by atoms with Gasteiger partial charge in [-0.25, -0.2) is 0 Å². The van der Waals surface area contributed by atoms with Gasteiger partial charge in [-0.1, -0.05) is 50.2 Å². The highest BCUT2D eigenvalue weighted by atomic mass is 16.7. The maximum atomic E-state index is 12.4. The molecule has 2 aliphatic rings. The lowest BCUT2D eigenvalue weighted by Crippen LogP contribution is -2.39. The molecule has 1 heterocycles. The standard InChI is InChI=1S/C14H15NO3/c1-13(2,3)12-10-11(16)8-6-4-5-7-9(8)14(10,17)18-15-12/h4-7,10,17H,1-3H3/t10-,14+/m0/s1. The van der Waals surface area contributed by atoms with Crippen LogP contribution in [0, 0.1) is 11.3 Å². The van der Waals surface area contributed by atoms with Gasteiger partial charge in [-0.3, -0.25) is 4.79 Å². The Labute approximate surface area is 105 Å². The van der Waals surface area contributed by atoms with Crippen molar-refractivity contribution in [2.24, 2.45) is 16.5 Å². The molecule has 1 aromatic carbocycles. The van der Waals surface area contributed by atoms with Crippen LogP contribution in [0.3, 0.4) is 0 Å². The van der Waals surface area contributed by atoms with E-state index in [0.29, 0.717) is 16.8 Å². The highest BCUT2D eigenvalue weighted by molar-refractivity contribution is 6.18. The first-order chi connectivity index (χ1) is 8.36. The summed E-state index contributed by atoms with van der Waals surface area (Å²) in [7, 11) is 0. The molecule has 2 atom stereocenters. The summed E-state index contributed by atoms with van der Waals surface area (Å²) < 4.78 is 0. The molecule has 1 aromatic rings. The zero-order valence-corrected chi connectivity index (χ0v) is 10.6. The Kier molecular flexibility index (Phi) is 2.03. The lowest BCUT2D eigenvalue weighted by Gasteiger charge is -2.24. The van der Waals surface area contributed by atoms with Crippen LogP contribution in [-0.2, 0) is 10.6 Å². The average molecular weight is 245 g/mol. The molecule has 0 bridgehead atoms. The van der Waals surface area contributed by atoms with Crippen LogP contribution in [0.5, 0.6) is 0 Å². The van der Waals surface area contributed by atoms with Crippen LogP contribution in [-0.4, -0.2) is 16.6 Å². The zero-order chi connectivity index (χ0) is 13.1. The van der Waals surface area contributed by atoms with Gasteiger partial charge in [0.2, 0.25) is 0 Å². The fourth-order valence-corrected chi connectivity index (χ4v) is 2.65. The summed E-state index contributed by atoms with van der Waals surface area (Å²) in [6.45, 7) is 5.87. The fourth-order valence-electron chi connectivity index (χ4n) is 2.65. The molecule has 1 aliphatic heterocycles. The van der Waals surface area contributed by atoms with E-state index in [-0.39, 0.29) is 11.2 Å². The van der Waals surface area contributed by atoms with E-state index in [1.807, 2.05) is 20.8 Å². The second-order valence-corrected chi connectivity index (χ2v) is 5.86. The molecule has 1 aliphatic carbocycles. The number of Topliss-reactive ketones (excluding diaryl/α,β-unsaturated/α-hetero) is 1. The second kappa shape index (κ2) is 3.20. The lowest BCUT2D eigenvalue weighted by atomic mass is 9.79. The van der Waals surface area contributed by atoms with Crippen LogP contribution in [0.2, 0.25) is 0 Å². The summed E-state index contributed by atoms with van der Waals surface area (Å²) in [6.07, 6.45) is 0. The third-order valence-corrected chi connectivity index (χ3v) is 3.56. The first-order valence-electron chi connectivity index (χ1n) is 5.98. The van der Waals surface area contributed by atoms with Crippen molar-refractivity contribution in [3.8, 4) is 0 Å². The summed E-state index contributed by atoms with van der Waals surface area (Å²) >= 11 is 0. The number of hydrogen-bond donors (Lipinski definition) is 1. The predicted molar refractivity (Wildman–Crippen MR) is 66.1 cm³/mol. The van der Waals surface area contributed by atoms with E-state index in [9.17, 15) is 9.90 Å². The number of carbonyl (C=O) groups is 1. The van der Waals surface area contributed by atoms with E-state index in [4.69, 9.17) is 4.84 Å². The van der Waals surface area contributed by atoms with E-state index < -0.39 is 11.7 Å². The number of ketones is 1. The minimum Gasteiger partial charge on any atom is -0.354 e. The topological polar surface area (TPSA) is 58.9 Å². The molecule has 0 amide bonds. The summed E-state index contributed by atoms with van der Waals surface area (Å²) in [6, 6.07) is 7.01. The van der Waals surface area contributed by atoms with E-state index in [2.05, 4.69) is 5.16 Å². The Balaban J connectivity index is 2.16. The van der Waals surface area contributed by atoms with Crippen molar-refractivity contribution in [1.29, 1.82) is 0 Å². The molecule has 0 aromatic heterocycles. The van der Waals surface area contributed by atoms with Gasteiger partial charge in [-0.05, 0) is 0 Å². The third kappa shape index (κ3) is 1.24. The molecule has 18 heavy (non-hydrogen) atoms. The minimum absolute atomic E-state index is 0.112. The van der Waals surface area contributed by atoms with Gasteiger partial charge in [0.05, 0.1) is 5.71 Å². The normalized spacial score (nSPS) is 29.7. The van der Waals surface area contributed by atoms with E-state index in [1.54, 1.807) is 24.3 Å². The SMILES string of the molecule is CC(C)(C)C1=NO[C@]2(O)c3ccccc3C(=O)[C@@H]12. The van der Waals surface area contributed by atoms with Gasteiger partial charge in [-0.15, -0.1) is 0 Å². The molecule has 0 spiro atoms. The van der Waals surface area contributed by atoms with Crippen LogP contribution < -0.4 is 0 Å². The van der Waals surface area contributed by atoms with Gasteiger partial charge in [0.25, 0.3) is 5.79 Å². The minimum atomic E-state index is -1.61. The van der Waals surface area contributed by atoms with Crippen molar-refractivity contribution in [2.75, 3.05) is 0 Å². The maximum Gasteiger partial charge on any atom is 0.277 e. The van der Waals surface area contributed by atoms with Gasteiger partial charge < -0.3 is 9.94 Å². The van der Waals surface area contributed by atoms with Gasteiger partial charge in [0, 0.05) is 16.5 Å². The van der Waals surface area contributed by atoms with E-state index in [0.717, 1.165) is 0 Å². The second-order valence-electron chi connectivity index (χ2n) is 5.86. The van der Waals surface area contributed by atoms with Crippen LogP contribution in [0.4, 0.5) is 0 Å². The van der Waals surface area contributed by atoms with Gasteiger partial charge >= 0.3 is 0 Å². The Morgan fingerprint density at radius 2 is 2.00 bits per heavy atom. The zero-order valence-electron chi connectivity index (χ0n) is 10.6. The molecule has 94 valence electrons. The largest absolute Gasteiger partial charge is 0.354 e. The Morgan fingerprint density at radius 3 is 2.67 bits per heavy atom. The summed E-state index contributed by atoms with van der Waals surface area (Å²) in [5.41, 5.74) is 1.34. The number of oxime groups is 1. The van der Waals surface area contributed by atoms with Crippen molar-refractivity contribution in [3.63, 3.8) is 0 Å². The summed E-state index contributed by atoms with van der Waals surface area (Å²) in [5, 5.41) is 14.6. The van der Waals surface area contributed by atoms with Gasteiger partial charge in [-0.2, -0.15) is 0 Å². The van der Waals surface area contributed by atoms with Crippen LogP contribution >= 0.6 is 0 Å². The molecule has 0 saturated heterocycles. The molecule has 0 fully saturated rings. The van der Waals surface area contributed by atoms with Gasteiger partial charge in [0.15, 0.2) is 5.78 Å². The fraction of sp³-hybridized carbons (Fsp3) is 0.429. The first-order valence-corrected chi connectivity index (χ1v) is 5.98. The molecule has 0 saturated carbocycles. The molecule has 1 N–H and O–H groups in total. The number of benzene rings is 1. The van der Waals surface area contributed by atoms with Crippen molar-refractivity contribution in [3.05, 3.63) is 35.4 Å². The van der Waals surface area contributed by atoms with Crippen molar-refractivity contribution < 1.29 is 14.7 Å². The van der Waals surface area contributed by atoms with E-state index >= 15 is 0 Å². The molecule has 0 unspecified atom stereocenters. The molecular weight excluding hydrogens is 230 g/mol. The predicted octanol–water partition coefficient (Wildman–Crippen LogP) is 2.08. The monoisotopic (exact) mass is 245 g/mol. The molecule has 4 nitrogen and oxygen atoms in total. The lowest BCUT2D eigenvalue weighted by molar-refractivity contribution is -0.204. The smallest absolute Gasteiger partial charge is 0.277 e. The number of hydrogen-bond acceptors (Lipinski definition) is 4. The summed E-state index contributed by atoms with van der Waals surface area (Å²) in [5.74, 6) is -2.44. The molecule has 3 rings (SSSR count). The first kappa shape index (κ1) is 11.4. The number of aliphatic hydroxyl groups is 1. The number of nitrogens with zero attached hydrogens (tertiary/aromatic N) is 1. The number of fused-ring (bicyclic) bond motifs is 3. The molecule has 4 heteroatoms. The Morgan fingerprint density at radius 1 is 1.33 bits per heavy atom. The molecular formula is C14H15NO3. The average Bonchev–Trinajstić information content (AvgIpc) is 2.75. The Bertz CT molecular complexity index is 571. The number of rotatable bonds is 0. The highest BCUT2D eigenvalue weighted by Gasteiger charge is 2.61. The van der Waals surface area contributed by atoms with Crippen molar-refractivity contribution in [2.45, 2.75) is 26.6 Å².